The third-order valence-corrected chi connectivity index (χ3v) is 3.78. The van der Waals surface area contributed by atoms with Crippen molar-refractivity contribution in [2.75, 3.05) is 13.7 Å². The monoisotopic (exact) mass is 239 g/mol. The highest BCUT2D eigenvalue weighted by molar-refractivity contribution is 5.47. The molecule has 3 N–H and O–H groups in total. The summed E-state index contributed by atoms with van der Waals surface area (Å²) in [6, 6.07) is 2.92. The second-order valence-electron chi connectivity index (χ2n) is 4.67. The van der Waals surface area contributed by atoms with E-state index in [2.05, 4.69) is 0 Å². The van der Waals surface area contributed by atoms with Gasteiger partial charge in [0.05, 0.1) is 7.11 Å². The molecule has 94 valence electrons. The Morgan fingerprint density at radius 2 is 2.06 bits per heavy atom. The quantitative estimate of drug-likeness (QED) is 0.851. The van der Waals surface area contributed by atoms with Crippen molar-refractivity contribution >= 4 is 0 Å². The van der Waals surface area contributed by atoms with Crippen molar-refractivity contribution in [3.63, 3.8) is 0 Å². The topological polar surface area (TPSA) is 55.5 Å². The maximum absolute atomic E-state index is 14.1. The first kappa shape index (κ1) is 12.2. The third-order valence-electron chi connectivity index (χ3n) is 3.78. The maximum atomic E-state index is 14.1. The van der Waals surface area contributed by atoms with E-state index in [0.717, 1.165) is 25.7 Å². The zero-order valence-electron chi connectivity index (χ0n) is 10.0. The Morgan fingerprint density at radius 3 is 2.59 bits per heavy atom. The van der Waals surface area contributed by atoms with E-state index in [-0.39, 0.29) is 11.2 Å². The van der Waals surface area contributed by atoms with Crippen molar-refractivity contribution in [1.82, 2.24) is 0 Å². The Labute approximate surface area is 100 Å². The van der Waals surface area contributed by atoms with Crippen LogP contribution in [0.2, 0.25) is 0 Å². The van der Waals surface area contributed by atoms with E-state index in [9.17, 15) is 9.50 Å². The van der Waals surface area contributed by atoms with Gasteiger partial charge >= 0.3 is 0 Å². The number of halogens is 1. The maximum Gasteiger partial charge on any atom is 0.172 e. The lowest BCUT2D eigenvalue weighted by Crippen LogP contribution is -2.33. The van der Waals surface area contributed by atoms with Crippen molar-refractivity contribution in [3.8, 4) is 11.5 Å². The Kier molecular flexibility index (Phi) is 3.24. The molecule has 4 heteroatoms. The van der Waals surface area contributed by atoms with Crippen LogP contribution in [-0.4, -0.2) is 18.8 Å². The molecule has 0 saturated heterocycles. The molecule has 1 aromatic carbocycles. The first-order chi connectivity index (χ1) is 8.14. The summed E-state index contributed by atoms with van der Waals surface area (Å²) in [5.74, 6) is -0.440. The summed E-state index contributed by atoms with van der Waals surface area (Å²) in [5.41, 5.74) is 5.90. The first-order valence-electron chi connectivity index (χ1n) is 5.90. The fraction of sp³-hybridized carbons (Fsp3) is 0.538. The number of phenolic OH excluding ortho intramolecular Hbond substituents is 1. The fourth-order valence-electron chi connectivity index (χ4n) is 2.82. The van der Waals surface area contributed by atoms with Crippen LogP contribution >= 0.6 is 0 Å². The fourth-order valence-corrected chi connectivity index (χ4v) is 2.82. The molecule has 0 bridgehead atoms. The number of rotatable bonds is 3. The average Bonchev–Trinajstić information content (AvgIpc) is 2.82. The van der Waals surface area contributed by atoms with Gasteiger partial charge < -0.3 is 15.6 Å². The van der Waals surface area contributed by atoms with Crippen molar-refractivity contribution in [2.45, 2.75) is 31.1 Å². The molecule has 0 spiro atoms. The Balaban J connectivity index is 2.59. The summed E-state index contributed by atoms with van der Waals surface area (Å²) >= 11 is 0. The number of hydrogen-bond acceptors (Lipinski definition) is 3. The van der Waals surface area contributed by atoms with Gasteiger partial charge in [0, 0.05) is 17.5 Å². The molecular formula is C13H18FNO2. The molecule has 2 rings (SSSR count). The van der Waals surface area contributed by atoms with E-state index in [1.54, 1.807) is 6.07 Å². The lowest BCUT2D eigenvalue weighted by molar-refractivity contribution is 0.350. The summed E-state index contributed by atoms with van der Waals surface area (Å²) in [6.07, 6.45) is 3.77. The molecule has 0 aromatic heterocycles. The number of ether oxygens (including phenoxy) is 1. The Morgan fingerprint density at radius 1 is 1.41 bits per heavy atom. The van der Waals surface area contributed by atoms with Crippen LogP contribution in [-0.2, 0) is 5.41 Å². The number of aromatic hydroxyl groups is 1. The Hall–Kier alpha value is -1.29. The second kappa shape index (κ2) is 4.53. The zero-order chi connectivity index (χ0) is 12.5. The van der Waals surface area contributed by atoms with Crippen LogP contribution < -0.4 is 10.5 Å². The van der Waals surface area contributed by atoms with Crippen LogP contribution in [0.1, 0.15) is 31.2 Å². The smallest absolute Gasteiger partial charge is 0.172 e. The van der Waals surface area contributed by atoms with Crippen molar-refractivity contribution in [2.24, 2.45) is 5.73 Å². The standard InChI is InChI=1S/C13H18FNO2/c1-17-10-5-4-9(16)12(14)11(10)13(8-15)6-2-3-7-13/h4-5,16H,2-3,6-8,15H2,1H3. The molecular weight excluding hydrogens is 221 g/mol. The molecule has 1 aromatic rings. The first-order valence-corrected chi connectivity index (χ1v) is 5.90. The van der Waals surface area contributed by atoms with Gasteiger partial charge in [0.25, 0.3) is 0 Å². The molecule has 3 nitrogen and oxygen atoms in total. The van der Waals surface area contributed by atoms with Gasteiger partial charge in [0.2, 0.25) is 0 Å². The molecule has 1 aliphatic rings. The van der Waals surface area contributed by atoms with E-state index < -0.39 is 5.82 Å². The minimum Gasteiger partial charge on any atom is -0.505 e. The second-order valence-corrected chi connectivity index (χ2v) is 4.67. The minimum absolute atomic E-state index is 0.333. The van der Waals surface area contributed by atoms with Gasteiger partial charge in [0.1, 0.15) is 5.75 Å². The Bertz CT molecular complexity index is 414. The number of phenols is 1. The van der Waals surface area contributed by atoms with Crippen molar-refractivity contribution in [3.05, 3.63) is 23.5 Å². The molecule has 1 fully saturated rings. The third kappa shape index (κ3) is 1.86. The lowest BCUT2D eigenvalue weighted by Gasteiger charge is -2.30. The highest BCUT2D eigenvalue weighted by Gasteiger charge is 2.39. The van der Waals surface area contributed by atoms with Gasteiger partial charge in [-0.1, -0.05) is 12.8 Å². The van der Waals surface area contributed by atoms with Gasteiger partial charge in [-0.2, -0.15) is 0 Å². The molecule has 0 heterocycles. The van der Waals surface area contributed by atoms with Gasteiger partial charge in [-0.3, -0.25) is 0 Å². The number of hydrogen-bond donors (Lipinski definition) is 2. The van der Waals surface area contributed by atoms with Crippen LogP contribution in [0.3, 0.4) is 0 Å². The predicted octanol–water partition coefficient (Wildman–Crippen LogP) is 2.31. The molecule has 0 atom stereocenters. The van der Waals surface area contributed by atoms with Crippen LogP contribution in [0, 0.1) is 5.82 Å². The van der Waals surface area contributed by atoms with E-state index in [0.29, 0.717) is 17.9 Å². The van der Waals surface area contributed by atoms with Crippen LogP contribution in [0.5, 0.6) is 11.5 Å². The molecule has 0 aliphatic heterocycles. The van der Waals surface area contributed by atoms with Crippen LogP contribution in [0.25, 0.3) is 0 Å². The summed E-state index contributed by atoms with van der Waals surface area (Å²) in [5, 5.41) is 9.52. The molecule has 1 aliphatic carbocycles. The lowest BCUT2D eigenvalue weighted by atomic mass is 9.78. The molecule has 0 unspecified atom stereocenters. The van der Waals surface area contributed by atoms with Crippen LogP contribution in [0.15, 0.2) is 12.1 Å². The summed E-state index contributed by atoms with van der Waals surface area (Å²) in [4.78, 5) is 0. The van der Waals surface area contributed by atoms with E-state index in [1.807, 2.05) is 0 Å². The number of nitrogens with two attached hydrogens (primary N) is 1. The van der Waals surface area contributed by atoms with Gasteiger partial charge in [-0.15, -0.1) is 0 Å². The normalized spacial score (nSPS) is 18.3. The summed E-state index contributed by atoms with van der Waals surface area (Å²) < 4.78 is 19.4. The highest BCUT2D eigenvalue weighted by Crippen LogP contribution is 2.46. The highest BCUT2D eigenvalue weighted by atomic mass is 19.1. The summed E-state index contributed by atoms with van der Waals surface area (Å²) in [6.45, 7) is 0.379. The van der Waals surface area contributed by atoms with Gasteiger partial charge in [-0.25, -0.2) is 4.39 Å². The van der Waals surface area contributed by atoms with Crippen molar-refractivity contribution < 1.29 is 14.2 Å². The van der Waals surface area contributed by atoms with E-state index >= 15 is 0 Å². The average molecular weight is 239 g/mol. The molecule has 0 amide bonds. The SMILES string of the molecule is COc1ccc(O)c(F)c1C1(CN)CCCC1. The minimum atomic E-state index is -0.586. The number of benzene rings is 1. The summed E-state index contributed by atoms with van der Waals surface area (Å²) in [7, 11) is 1.51. The van der Waals surface area contributed by atoms with Gasteiger partial charge in [-0.05, 0) is 25.0 Å². The predicted molar refractivity (Wildman–Crippen MR) is 63.8 cm³/mol. The molecule has 0 radical (unpaired) electrons. The van der Waals surface area contributed by atoms with E-state index in [4.69, 9.17) is 10.5 Å². The van der Waals surface area contributed by atoms with Crippen molar-refractivity contribution in [1.29, 1.82) is 0 Å². The van der Waals surface area contributed by atoms with E-state index in [1.165, 1.54) is 13.2 Å². The van der Waals surface area contributed by atoms with Crippen LogP contribution in [0.4, 0.5) is 4.39 Å². The molecule has 17 heavy (non-hydrogen) atoms. The van der Waals surface area contributed by atoms with Gasteiger partial charge in [0.15, 0.2) is 11.6 Å². The largest absolute Gasteiger partial charge is 0.505 e. The zero-order valence-corrected chi connectivity index (χ0v) is 10.0. The number of methoxy groups -OCH3 is 1. The molecule has 1 saturated carbocycles.